The van der Waals surface area contributed by atoms with Gasteiger partial charge in [-0.25, -0.2) is 22.0 Å². The molecule has 0 bridgehead atoms. The highest BCUT2D eigenvalue weighted by molar-refractivity contribution is 5.26. The fourth-order valence-corrected chi connectivity index (χ4v) is 1.41. The van der Waals surface area contributed by atoms with E-state index < -0.39 is 40.7 Å². The first-order chi connectivity index (χ1) is 7.41. The lowest BCUT2D eigenvalue weighted by Gasteiger charge is -2.15. The Morgan fingerprint density at radius 1 is 0.875 bits per heavy atom. The summed E-state index contributed by atoms with van der Waals surface area (Å²) in [5, 5.41) is 2.58. The van der Waals surface area contributed by atoms with Crippen LogP contribution in [0.5, 0.6) is 0 Å². The highest BCUT2D eigenvalue weighted by Gasteiger charge is 2.28. The Kier molecular flexibility index (Phi) is 3.85. The summed E-state index contributed by atoms with van der Waals surface area (Å²) in [5.41, 5.74) is -0.835. The standard InChI is InChI=1S/C10H10F5N/c1-3-16-4(2)5-6(11)8(13)10(15)9(14)7(5)12/h4,16H,3H2,1-2H3. The van der Waals surface area contributed by atoms with E-state index in [2.05, 4.69) is 5.32 Å². The normalized spacial score (nSPS) is 12.9. The molecule has 90 valence electrons. The Bertz CT molecular complexity index is 376. The fourth-order valence-electron chi connectivity index (χ4n) is 1.41. The van der Waals surface area contributed by atoms with E-state index in [1.54, 1.807) is 6.92 Å². The van der Waals surface area contributed by atoms with Gasteiger partial charge in [0.05, 0.1) is 0 Å². The van der Waals surface area contributed by atoms with Crippen molar-refractivity contribution in [3.05, 3.63) is 34.6 Å². The van der Waals surface area contributed by atoms with E-state index in [-0.39, 0.29) is 0 Å². The number of rotatable bonds is 3. The van der Waals surface area contributed by atoms with Crippen molar-refractivity contribution >= 4 is 0 Å². The summed E-state index contributed by atoms with van der Waals surface area (Å²) < 4.78 is 64.8. The van der Waals surface area contributed by atoms with Crippen LogP contribution in [0.2, 0.25) is 0 Å². The van der Waals surface area contributed by atoms with Crippen LogP contribution in [-0.2, 0) is 0 Å². The molecule has 1 aromatic rings. The van der Waals surface area contributed by atoms with Crippen molar-refractivity contribution in [2.75, 3.05) is 6.54 Å². The average molecular weight is 239 g/mol. The minimum Gasteiger partial charge on any atom is -0.310 e. The SMILES string of the molecule is CCNC(C)c1c(F)c(F)c(F)c(F)c1F. The van der Waals surface area contributed by atoms with Gasteiger partial charge in [-0.15, -0.1) is 0 Å². The van der Waals surface area contributed by atoms with Crippen LogP contribution in [0.1, 0.15) is 25.5 Å². The van der Waals surface area contributed by atoms with E-state index in [1.807, 2.05) is 0 Å². The van der Waals surface area contributed by atoms with Crippen molar-refractivity contribution in [1.82, 2.24) is 5.32 Å². The van der Waals surface area contributed by atoms with Crippen LogP contribution in [-0.4, -0.2) is 6.54 Å². The van der Waals surface area contributed by atoms with Crippen molar-refractivity contribution in [3.8, 4) is 0 Å². The second-order valence-electron chi connectivity index (χ2n) is 3.26. The van der Waals surface area contributed by atoms with Crippen LogP contribution < -0.4 is 5.32 Å². The molecular weight excluding hydrogens is 229 g/mol. The van der Waals surface area contributed by atoms with Crippen LogP contribution in [0.3, 0.4) is 0 Å². The summed E-state index contributed by atoms with van der Waals surface area (Å²) in [5.74, 6) is -9.55. The van der Waals surface area contributed by atoms with Crippen LogP contribution >= 0.6 is 0 Å². The molecule has 0 spiro atoms. The van der Waals surface area contributed by atoms with Gasteiger partial charge in [-0.05, 0) is 13.5 Å². The molecule has 1 N–H and O–H groups in total. The summed E-state index contributed by atoms with van der Waals surface area (Å²) in [4.78, 5) is 0. The van der Waals surface area contributed by atoms with Crippen molar-refractivity contribution in [3.63, 3.8) is 0 Å². The van der Waals surface area contributed by atoms with Crippen molar-refractivity contribution in [2.45, 2.75) is 19.9 Å². The molecule has 0 aliphatic heterocycles. The summed E-state index contributed by atoms with van der Waals surface area (Å²) in [6.07, 6.45) is 0. The van der Waals surface area contributed by atoms with E-state index in [1.165, 1.54) is 6.92 Å². The molecule has 0 radical (unpaired) electrons. The lowest BCUT2D eigenvalue weighted by molar-refractivity contribution is 0.360. The van der Waals surface area contributed by atoms with E-state index in [0.717, 1.165) is 0 Å². The zero-order valence-corrected chi connectivity index (χ0v) is 8.67. The van der Waals surface area contributed by atoms with Gasteiger partial charge in [0.2, 0.25) is 5.82 Å². The average Bonchev–Trinajstić information content (AvgIpc) is 2.24. The van der Waals surface area contributed by atoms with Gasteiger partial charge in [0.1, 0.15) is 0 Å². The Morgan fingerprint density at radius 2 is 1.25 bits per heavy atom. The number of nitrogens with one attached hydrogen (secondary N) is 1. The van der Waals surface area contributed by atoms with Gasteiger partial charge in [-0.3, -0.25) is 0 Å². The molecule has 0 aliphatic carbocycles. The zero-order chi connectivity index (χ0) is 12.5. The number of halogens is 5. The molecule has 1 nitrogen and oxygen atoms in total. The maximum absolute atomic E-state index is 13.2. The first-order valence-corrected chi connectivity index (χ1v) is 4.66. The molecule has 0 fully saturated rings. The minimum atomic E-state index is -2.14. The third kappa shape index (κ3) is 2.02. The van der Waals surface area contributed by atoms with E-state index >= 15 is 0 Å². The van der Waals surface area contributed by atoms with Gasteiger partial charge in [-0.2, -0.15) is 0 Å². The van der Waals surface area contributed by atoms with Gasteiger partial charge in [-0.1, -0.05) is 6.92 Å². The van der Waals surface area contributed by atoms with Crippen molar-refractivity contribution in [1.29, 1.82) is 0 Å². The van der Waals surface area contributed by atoms with Crippen LogP contribution in [0, 0.1) is 29.1 Å². The topological polar surface area (TPSA) is 12.0 Å². The van der Waals surface area contributed by atoms with E-state index in [0.29, 0.717) is 6.54 Å². The summed E-state index contributed by atoms with van der Waals surface area (Å²) in [6.45, 7) is 3.32. The van der Waals surface area contributed by atoms with Gasteiger partial charge in [0, 0.05) is 11.6 Å². The van der Waals surface area contributed by atoms with E-state index in [4.69, 9.17) is 0 Å². The number of benzene rings is 1. The summed E-state index contributed by atoms with van der Waals surface area (Å²) >= 11 is 0. The Balaban J connectivity index is 3.39. The third-order valence-corrected chi connectivity index (χ3v) is 2.19. The second-order valence-corrected chi connectivity index (χ2v) is 3.26. The first-order valence-electron chi connectivity index (χ1n) is 4.66. The van der Waals surface area contributed by atoms with Gasteiger partial charge >= 0.3 is 0 Å². The van der Waals surface area contributed by atoms with E-state index in [9.17, 15) is 22.0 Å². The van der Waals surface area contributed by atoms with Crippen LogP contribution in [0.15, 0.2) is 0 Å². The van der Waals surface area contributed by atoms with Crippen LogP contribution in [0.4, 0.5) is 22.0 Å². The lowest BCUT2D eigenvalue weighted by atomic mass is 10.1. The van der Waals surface area contributed by atoms with Gasteiger partial charge in [0.25, 0.3) is 0 Å². The Labute approximate surface area is 89.3 Å². The highest BCUT2D eigenvalue weighted by Crippen LogP contribution is 2.27. The predicted octanol–water partition coefficient (Wildman–Crippen LogP) is 3.05. The Morgan fingerprint density at radius 3 is 1.62 bits per heavy atom. The maximum atomic E-state index is 13.2. The third-order valence-electron chi connectivity index (χ3n) is 2.19. The molecule has 1 aromatic carbocycles. The maximum Gasteiger partial charge on any atom is 0.200 e. The molecule has 1 atom stereocenters. The lowest BCUT2D eigenvalue weighted by Crippen LogP contribution is -2.22. The van der Waals surface area contributed by atoms with Gasteiger partial charge < -0.3 is 5.32 Å². The predicted molar refractivity (Wildman–Crippen MR) is 48.3 cm³/mol. The van der Waals surface area contributed by atoms with Crippen LogP contribution in [0.25, 0.3) is 0 Å². The summed E-state index contributed by atoms with van der Waals surface area (Å²) in [6, 6.07) is -0.949. The molecule has 6 heteroatoms. The molecule has 0 aliphatic rings. The molecule has 1 unspecified atom stereocenters. The number of hydrogen-bond donors (Lipinski definition) is 1. The van der Waals surface area contributed by atoms with Crippen molar-refractivity contribution in [2.24, 2.45) is 0 Å². The second kappa shape index (κ2) is 4.78. The molecular formula is C10H10F5N. The molecule has 16 heavy (non-hydrogen) atoms. The van der Waals surface area contributed by atoms with Crippen molar-refractivity contribution < 1.29 is 22.0 Å². The molecule has 0 amide bonds. The minimum absolute atomic E-state index is 0.348. The fraction of sp³-hybridized carbons (Fsp3) is 0.400. The summed E-state index contributed by atoms with van der Waals surface area (Å²) in [7, 11) is 0. The molecule has 0 saturated heterocycles. The smallest absolute Gasteiger partial charge is 0.200 e. The molecule has 0 heterocycles. The Hall–Kier alpha value is -1.17. The monoisotopic (exact) mass is 239 g/mol. The largest absolute Gasteiger partial charge is 0.310 e. The molecule has 1 rings (SSSR count). The molecule has 0 aromatic heterocycles. The number of hydrogen-bond acceptors (Lipinski definition) is 1. The van der Waals surface area contributed by atoms with Gasteiger partial charge in [0.15, 0.2) is 23.3 Å². The quantitative estimate of drug-likeness (QED) is 0.485. The highest BCUT2D eigenvalue weighted by atomic mass is 19.2. The molecule has 0 saturated carbocycles. The zero-order valence-electron chi connectivity index (χ0n) is 8.67. The first kappa shape index (κ1) is 12.9.